The SMILES string of the molecule is Cc1ccc(C(O)c2cc(C)ccc2C)c(C)c1. The lowest BCUT2D eigenvalue weighted by atomic mass is 9.92. The third kappa shape index (κ3) is 2.46. The maximum absolute atomic E-state index is 10.6. The van der Waals surface area contributed by atoms with Gasteiger partial charge >= 0.3 is 0 Å². The summed E-state index contributed by atoms with van der Waals surface area (Å²) in [5.74, 6) is 0. The minimum Gasteiger partial charge on any atom is -0.384 e. The summed E-state index contributed by atoms with van der Waals surface area (Å²) < 4.78 is 0. The zero-order chi connectivity index (χ0) is 13.3. The molecular weight excluding hydrogens is 220 g/mol. The first-order valence-electron chi connectivity index (χ1n) is 6.31. The lowest BCUT2D eigenvalue weighted by Crippen LogP contribution is -2.04. The number of hydrogen-bond donors (Lipinski definition) is 1. The molecule has 1 unspecified atom stereocenters. The van der Waals surface area contributed by atoms with Gasteiger partial charge in [0.2, 0.25) is 0 Å². The first-order valence-corrected chi connectivity index (χ1v) is 6.31. The zero-order valence-corrected chi connectivity index (χ0v) is 11.5. The van der Waals surface area contributed by atoms with Crippen molar-refractivity contribution in [3.05, 3.63) is 69.8 Å². The molecule has 2 rings (SSSR count). The number of aliphatic hydroxyl groups excluding tert-OH is 1. The molecule has 0 heterocycles. The Bertz CT molecular complexity index is 570. The van der Waals surface area contributed by atoms with Gasteiger partial charge in [0.05, 0.1) is 0 Å². The smallest absolute Gasteiger partial charge is 0.105 e. The van der Waals surface area contributed by atoms with Crippen LogP contribution in [0.25, 0.3) is 0 Å². The van der Waals surface area contributed by atoms with Crippen LogP contribution in [0.2, 0.25) is 0 Å². The molecule has 1 nitrogen and oxygen atoms in total. The molecule has 0 bridgehead atoms. The second-order valence-corrected chi connectivity index (χ2v) is 5.12. The summed E-state index contributed by atoms with van der Waals surface area (Å²) in [5, 5.41) is 10.6. The van der Waals surface area contributed by atoms with Crippen molar-refractivity contribution in [2.24, 2.45) is 0 Å². The summed E-state index contributed by atoms with van der Waals surface area (Å²) in [6, 6.07) is 12.4. The van der Waals surface area contributed by atoms with Crippen molar-refractivity contribution >= 4 is 0 Å². The quantitative estimate of drug-likeness (QED) is 0.841. The molecule has 0 amide bonds. The van der Waals surface area contributed by atoms with Gasteiger partial charge in [0.15, 0.2) is 0 Å². The van der Waals surface area contributed by atoms with Crippen molar-refractivity contribution in [2.45, 2.75) is 33.8 Å². The molecule has 0 aromatic heterocycles. The Labute approximate surface area is 109 Å². The van der Waals surface area contributed by atoms with Gasteiger partial charge in [-0.2, -0.15) is 0 Å². The highest BCUT2D eigenvalue weighted by Crippen LogP contribution is 2.28. The Morgan fingerprint density at radius 3 is 2.00 bits per heavy atom. The first-order chi connectivity index (χ1) is 8.49. The Balaban J connectivity index is 2.47. The molecule has 0 saturated heterocycles. The van der Waals surface area contributed by atoms with Crippen molar-refractivity contribution < 1.29 is 5.11 Å². The van der Waals surface area contributed by atoms with Crippen molar-refractivity contribution in [2.75, 3.05) is 0 Å². The van der Waals surface area contributed by atoms with E-state index in [-0.39, 0.29) is 0 Å². The van der Waals surface area contributed by atoms with Crippen LogP contribution in [0.4, 0.5) is 0 Å². The minimum absolute atomic E-state index is 0.537. The Morgan fingerprint density at radius 1 is 0.722 bits per heavy atom. The number of benzene rings is 2. The third-order valence-corrected chi connectivity index (χ3v) is 3.45. The third-order valence-electron chi connectivity index (χ3n) is 3.45. The topological polar surface area (TPSA) is 20.2 Å². The van der Waals surface area contributed by atoms with Crippen molar-refractivity contribution in [3.63, 3.8) is 0 Å². The zero-order valence-electron chi connectivity index (χ0n) is 11.5. The second-order valence-electron chi connectivity index (χ2n) is 5.12. The summed E-state index contributed by atoms with van der Waals surface area (Å²) in [6.07, 6.45) is -0.537. The molecule has 0 aliphatic heterocycles. The van der Waals surface area contributed by atoms with Gasteiger partial charge in [-0.3, -0.25) is 0 Å². The molecule has 1 heteroatoms. The molecule has 0 aliphatic carbocycles. The molecule has 2 aromatic carbocycles. The van der Waals surface area contributed by atoms with E-state index in [2.05, 4.69) is 51.1 Å². The van der Waals surface area contributed by atoms with Crippen LogP contribution in [0.5, 0.6) is 0 Å². The molecule has 0 aliphatic rings. The number of aryl methyl sites for hydroxylation is 4. The molecule has 0 spiro atoms. The lowest BCUT2D eigenvalue weighted by molar-refractivity contribution is 0.218. The molecular formula is C17H20O. The molecule has 94 valence electrons. The Hall–Kier alpha value is -1.60. The van der Waals surface area contributed by atoms with Crippen LogP contribution in [-0.4, -0.2) is 5.11 Å². The summed E-state index contributed by atoms with van der Waals surface area (Å²) >= 11 is 0. The fourth-order valence-corrected chi connectivity index (χ4v) is 2.35. The fraction of sp³-hybridized carbons (Fsp3) is 0.294. The van der Waals surface area contributed by atoms with Gasteiger partial charge in [-0.05, 0) is 49.9 Å². The molecule has 1 N–H and O–H groups in total. The molecule has 0 radical (unpaired) electrons. The highest BCUT2D eigenvalue weighted by molar-refractivity contribution is 5.41. The predicted molar refractivity (Wildman–Crippen MR) is 75.9 cm³/mol. The number of hydrogen-bond acceptors (Lipinski definition) is 1. The first kappa shape index (κ1) is 12.8. The summed E-state index contributed by atoms with van der Waals surface area (Å²) in [5.41, 5.74) is 6.68. The van der Waals surface area contributed by atoms with Gasteiger partial charge in [-0.25, -0.2) is 0 Å². The van der Waals surface area contributed by atoms with E-state index < -0.39 is 6.10 Å². The van der Waals surface area contributed by atoms with E-state index in [1.54, 1.807) is 0 Å². The van der Waals surface area contributed by atoms with E-state index in [0.29, 0.717) is 0 Å². The Kier molecular flexibility index (Phi) is 3.53. The summed E-state index contributed by atoms with van der Waals surface area (Å²) in [7, 11) is 0. The number of aliphatic hydroxyl groups is 1. The lowest BCUT2D eigenvalue weighted by Gasteiger charge is -2.17. The highest BCUT2D eigenvalue weighted by atomic mass is 16.3. The average Bonchev–Trinajstić information content (AvgIpc) is 2.31. The van der Waals surface area contributed by atoms with Gasteiger partial charge in [0, 0.05) is 0 Å². The van der Waals surface area contributed by atoms with Gasteiger partial charge in [-0.15, -0.1) is 0 Å². The van der Waals surface area contributed by atoms with E-state index in [0.717, 1.165) is 22.3 Å². The van der Waals surface area contributed by atoms with Gasteiger partial charge in [-0.1, -0.05) is 47.5 Å². The van der Waals surface area contributed by atoms with Gasteiger partial charge in [0.1, 0.15) is 6.10 Å². The van der Waals surface area contributed by atoms with Crippen molar-refractivity contribution in [3.8, 4) is 0 Å². The second kappa shape index (κ2) is 4.95. The van der Waals surface area contributed by atoms with Crippen LogP contribution < -0.4 is 0 Å². The molecule has 18 heavy (non-hydrogen) atoms. The standard InChI is InChI=1S/C17H20O/c1-11-6-8-15(14(4)9-11)17(18)16-10-12(2)5-7-13(16)3/h5-10,17-18H,1-4H3. The largest absolute Gasteiger partial charge is 0.384 e. The van der Waals surface area contributed by atoms with Gasteiger partial charge in [0.25, 0.3) is 0 Å². The monoisotopic (exact) mass is 240 g/mol. The van der Waals surface area contributed by atoms with Crippen LogP contribution in [0, 0.1) is 27.7 Å². The van der Waals surface area contributed by atoms with Crippen LogP contribution in [0.1, 0.15) is 39.5 Å². The molecule has 0 fully saturated rings. The van der Waals surface area contributed by atoms with Crippen LogP contribution in [0.15, 0.2) is 36.4 Å². The fourth-order valence-electron chi connectivity index (χ4n) is 2.35. The molecule has 0 saturated carbocycles. The van der Waals surface area contributed by atoms with E-state index in [9.17, 15) is 5.11 Å². The van der Waals surface area contributed by atoms with Crippen molar-refractivity contribution in [1.82, 2.24) is 0 Å². The van der Waals surface area contributed by atoms with E-state index >= 15 is 0 Å². The van der Waals surface area contributed by atoms with Gasteiger partial charge < -0.3 is 5.11 Å². The number of rotatable bonds is 2. The molecule has 1 atom stereocenters. The van der Waals surface area contributed by atoms with E-state index in [1.165, 1.54) is 11.1 Å². The highest BCUT2D eigenvalue weighted by Gasteiger charge is 2.15. The summed E-state index contributed by atoms with van der Waals surface area (Å²) in [4.78, 5) is 0. The normalized spacial score (nSPS) is 12.5. The summed E-state index contributed by atoms with van der Waals surface area (Å²) in [6.45, 7) is 8.22. The van der Waals surface area contributed by atoms with Crippen molar-refractivity contribution in [1.29, 1.82) is 0 Å². The molecule has 2 aromatic rings. The minimum atomic E-state index is -0.537. The Morgan fingerprint density at radius 2 is 1.33 bits per heavy atom. The maximum Gasteiger partial charge on any atom is 0.105 e. The maximum atomic E-state index is 10.6. The van der Waals surface area contributed by atoms with E-state index in [4.69, 9.17) is 0 Å². The van der Waals surface area contributed by atoms with Crippen LogP contribution in [0.3, 0.4) is 0 Å². The average molecular weight is 240 g/mol. The van der Waals surface area contributed by atoms with Crippen LogP contribution >= 0.6 is 0 Å². The van der Waals surface area contributed by atoms with Crippen LogP contribution in [-0.2, 0) is 0 Å². The predicted octanol–water partition coefficient (Wildman–Crippen LogP) is 4.00. The van der Waals surface area contributed by atoms with E-state index in [1.807, 2.05) is 13.0 Å².